The van der Waals surface area contributed by atoms with E-state index in [4.69, 9.17) is 24.1 Å². The Bertz CT molecular complexity index is 161. The van der Waals surface area contributed by atoms with E-state index < -0.39 is 5.24 Å². The maximum atomic E-state index is 9.09. The van der Waals surface area contributed by atoms with Crippen molar-refractivity contribution in [2.24, 2.45) is 5.73 Å². The summed E-state index contributed by atoms with van der Waals surface area (Å²) in [7, 11) is 4.40. The molecule has 3 N–H and O–H groups in total. The number of aliphatic hydroxyl groups is 1. The maximum Gasteiger partial charge on any atom is 0.273 e. The van der Waals surface area contributed by atoms with E-state index in [1.54, 1.807) is 14.2 Å². The van der Waals surface area contributed by atoms with Gasteiger partial charge in [-0.3, -0.25) is 4.79 Å². The number of carbonyl (C=O) groups excluding carboxylic acids is 1. The SMILES string of the molecule is CO.CO[C@H]1COC[C@H](OC)C1.NC(=O)S.[HH]. The van der Waals surface area contributed by atoms with E-state index in [9.17, 15) is 0 Å². The third kappa shape index (κ3) is 11.7. The zero-order valence-corrected chi connectivity index (χ0v) is 10.8. The molecule has 1 rings (SSSR count). The Morgan fingerprint density at radius 1 is 1.38 bits per heavy atom. The average Bonchev–Trinajstić information content (AvgIpc) is 2.31. The zero-order valence-electron chi connectivity index (χ0n) is 9.88. The molecule has 1 amide bonds. The molecule has 16 heavy (non-hydrogen) atoms. The van der Waals surface area contributed by atoms with Crippen LogP contribution in [0.25, 0.3) is 0 Å². The van der Waals surface area contributed by atoms with Gasteiger partial charge in [0.05, 0.1) is 25.4 Å². The molecule has 1 aliphatic rings. The highest BCUT2D eigenvalue weighted by Gasteiger charge is 2.21. The van der Waals surface area contributed by atoms with Crippen LogP contribution >= 0.6 is 12.6 Å². The molecule has 2 atom stereocenters. The van der Waals surface area contributed by atoms with Gasteiger partial charge in [0.25, 0.3) is 5.24 Å². The van der Waals surface area contributed by atoms with Gasteiger partial charge in [0.1, 0.15) is 0 Å². The second-order valence-corrected chi connectivity index (χ2v) is 3.27. The predicted octanol–water partition coefficient (Wildman–Crippen LogP) is 0.286. The van der Waals surface area contributed by atoms with E-state index in [-0.39, 0.29) is 13.6 Å². The Morgan fingerprint density at radius 3 is 1.94 bits per heavy atom. The van der Waals surface area contributed by atoms with Gasteiger partial charge in [-0.05, 0) is 0 Å². The van der Waals surface area contributed by atoms with Crippen molar-refractivity contribution < 1.29 is 25.5 Å². The van der Waals surface area contributed by atoms with Gasteiger partial charge in [0.15, 0.2) is 0 Å². The smallest absolute Gasteiger partial charge is 0.273 e. The van der Waals surface area contributed by atoms with Crippen LogP contribution in [0.3, 0.4) is 0 Å². The van der Waals surface area contributed by atoms with Gasteiger partial charge < -0.3 is 25.1 Å². The number of nitrogens with two attached hydrogens (primary N) is 1. The fourth-order valence-electron chi connectivity index (χ4n) is 1.09. The standard InChI is InChI=1S/C7H14O3.CH3NOS.CH4O.H2/c1-8-6-3-7(9-2)5-10-4-6;2-1(3)4;1-2;/h6-7H,3-5H2,1-2H3;(H3,2,3,4);2H,1H3;1H/t6-,7-;;;/m1.../s1. The summed E-state index contributed by atoms with van der Waals surface area (Å²) >= 11 is 3.10. The molecule has 0 unspecified atom stereocenters. The molecule has 0 aromatic carbocycles. The summed E-state index contributed by atoms with van der Waals surface area (Å²) in [6.07, 6.45) is 1.39. The molecular weight excluding hydrogens is 234 g/mol. The fraction of sp³-hybridized carbons (Fsp3) is 0.889. The molecule has 1 aliphatic heterocycles. The van der Waals surface area contributed by atoms with Crippen LogP contribution in [0.5, 0.6) is 0 Å². The number of rotatable bonds is 2. The van der Waals surface area contributed by atoms with Crippen LogP contribution in [0.4, 0.5) is 4.79 Å². The highest BCUT2D eigenvalue weighted by molar-refractivity contribution is 7.96. The highest BCUT2D eigenvalue weighted by atomic mass is 32.1. The normalized spacial score (nSPS) is 23.3. The Morgan fingerprint density at radius 2 is 1.69 bits per heavy atom. The molecule has 0 saturated carbocycles. The van der Waals surface area contributed by atoms with Crippen molar-refractivity contribution in [3.8, 4) is 0 Å². The van der Waals surface area contributed by atoms with Gasteiger partial charge in [0.2, 0.25) is 0 Å². The van der Waals surface area contributed by atoms with E-state index in [1.807, 2.05) is 0 Å². The maximum absolute atomic E-state index is 9.09. The van der Waals surface area contributed by atoms with Crippen LogP contribution in [-0.2, 0) is 14.2 Å². The average molecular weight is 257 g/mol. The summed E-state index contributed by atoms with van der Waals surface area (Å²) in [6, 6.07) is 0. The first-order valence-electron chi connectivity index (χ1n) is 4.66. The first kappa shape index (κ1) is 18.0. The lowest BCUT2D eigenvalue weighted by Gasteiger charge is -2.27. The molecule has 0 radical (unpaired) electrons. The number of primary amides is 1. The third-order valence-corrected chi connectivity index (χ3v) is 1.80. The molecule has 1 saturated heterocycles. The molecule has 0 aliphatic carbocycles. The first-order chi connectivity index (χ1) is 7.60. The van der Waals surface area contributed by atoms with Crippen LogP contribution in [0, 0.1) is 0 Å². The van der Waals surface area contributed by atoms with Gasteiger partial charge in [0, 0.05) is 29.2 Å². The third-order valence-electron chi connectivity index (χ3n) is 1.80. The van der Waals surface area contributed by atoms with Gasteiger partial charge in [-0.1, -0.05) is 12.6 Å². The van der Waals surface area contributed by atoms with Crippen molar-refractivity contribution in [2.45, 2.75) is 18.6 Å². The van der Waals surface area contributed by atoms with E-state index in [0.717, 1.165) is 13.5 Å². The summed E-state index contributed by atoms with van der Waals surface area (Å²) < 4.78 is 15.5. The lowest BCUT2D eigenvalue weighted by Crippen LogP contribution is -2.35. The quantitative estimate of drug-likeness (QED) is 0.618. The number of amides is 1. The number of aliphatic hydroxyl groups excluding tert-OH is 1. The van der Waals surface area contributed by atoms with E-state index in [1.165, 1.54) is 0 Å². The second kappa shape index (κ2) is 12.7. The molecule has 100 valence electrons. The second-order valence-electron chi connectivity index (χ2n) is 2.83. The van der Waals surface area contributed by atoms with Gasteiger partial charge >= 0.3 is 0 Å². The number of ether oxygens (including phenoxy) is 3. The number of methoxy groups -OCH3 is 2. The van der Waals surface area contributed by atoms with E-state index in [0.29, 0.717) is 13.2 Å². The van der Waals surface area contributed by atoms with Crippen LogP contribution in [0.2, 0.25) is 0 Å². The number of carbonyl (C=O) groups is 1. The summed E-state index contributed by atoms with van der Waals surface area (Å²) in [5.41, 5.74) is 4.34. The number of thiol groups is 1. The van der Waals surface area contributed by atoms with Crippen LogP contribution < -0.4 is 5.73 Å². The van der Waals surface area contributed by atoms with Crippen molar-refractivity contribution in [3.63, 3.8) is 0 Å². The summed E-state index contributed by atoms with van der Waals surface area (Å²) in [4.78, 5) is 9.09. The molecular formula is C9H23NO5S. The minimum Gasteiger partial charge on any atom is -0.400 e. The largest absolute Gasteiger partial charge is 0.400 e. The fourth-order valence-corrected chi connectivity index (χ4v) is 1.09. The summed E-state index contributed by atoms with van der Waals surface area (Å²) in [5, 5.41) is 6.36. The molecule has 0 spiro atoms. The summed E-state index contributed by atoms with van der Waals surface area (Å²) in [6.45, 7) is 1.41. The predicted molar refractivity (Wildman–Crippen MR) is 65.9 cm³/mol. The topological polar surface area (TPSA) is 91.0 Å². The number of hydrogen-bond donors (Lipinski definition) is 3. The Kier molecular flexibility index (Phi) is 14.3. The van der Waals surface area contributed by atoms with Crippen LogP contribution in [0.1, 0.15) is 7.85 Å². The molecule has 0 bridgehead atoms. The van der Waals surface area contributed by atoms with Crippen LogP contribution in [0.15, 0.2) is 0 Å². The molecule has 1 heterocycles. The van der Waals surface area contributed by atoms with Gasteiger partial charge in [-0.25, -0.2) is 0 Å². The van der Waals surface area contributed by atoms with E-state index >= 15 is 0 Å². The van der Waals surface area contributed by atoms with Gasteiger partial charge in [-0.15, -0.1) is 0 Å². The van der Waals surface area contributed by atoms with Gasteiger partial charge in [-0.2, -0.15) is 0 Å². The molecule has 6 nitrogen and oxygen atoms in total. The first-order valence-corrected chi connectivity index (χ1v) is 5.11. The van der Waals surface area contributed by atoms with Crippen LogP contribution in [-0.4, -0.2) is 57.1 Å². The lowest BCUT2D eigenvalue weighted by molar-refractivity contribution is -0.0977. The Balaban J connectivity index is -0.000000242. The minimum absolute atomic E-state index is 0. The summed E-state index contributed by atoms with van der Waals surface area (Å²) in [5.74, 6) is 0. The zero-order chi connectivity index (χ0) is 13.0. The van der Waals surface area contributed by atoms with Crippen molar-refractivity contribution in [3.05, 3.63) is 0 Å². The van der Waals surface area contributed by atoms with Crippen molar-refractivity contribution in [2.75, 3.05) is 34.5 Å². The lowest BCUT2D eigenvalue weighted by atomic mass is 10.1. The molecule has 0 aromatic heterocycles. The van der Waals surface area contributed by atoms with Crippen molar-refractivity contribution >= 4 is 17.9 Å². The minimum atomic E-state index is -0.639. The van der Waals surface area contributed by atoms with Crippen molar-refractivity contribution in [1.82, 2.24) is 0 Å². The highest BCUT2D eigenvalue weighted by Crippen LogP contribution is 2.11. The molecule has 1 fully saturated rings. The number of hydrogen-bond acceptors (Lipinski definition) is 5. The monoisotopic (exact) mass is 257 g/mol. The Hall–Kier alpha value is -0.340. The van der Waals surface area contributed by atoms with E-state index in [2.05, 4.69) is 18.4 Å². The molecule has 7 heteroatoms. The van der Waals surface area contributed by atoms with Crippen molar-refractivity contribution in [1.29, 1.82) is 0 Å². The Labute approximate surface area is 103 Å². The molecule has 0 aromatic rings.